The highest BCUT2D eigenvalue weighted by molar-refractivity contribution is 7.89. The minimum Gasteiger partial charge on any atom is -0.268 e. The molecule has 0 aliphatic rings. The zero-order valence-corrected chi connectivity index (χ0v) is 22.9. The van der Waals surface area contributed by atoms with Crippen LogP contribution in [0.25, 0.3) is 0 Å². The molecule has 0 spiro atoms. The first-order valence-corrected chi connectivity index (χ1v) is 13.9. The summed E-state index contributed by atoms with van der Waals surface area (Å²) in [5, 5.41) is 2.75. The topological polar surface area (TPSA) is 57.7 Å². The first-order valence-electron chi connectivity index (χ1n) is 11.3. The summed E-state index contributed by atoms with van der Waals surface area (Å²) in [5.41, 5.74) is 2.56. The van der Waals surface area contributed by atoms with Crippen LogP contribution in [0.15, 0.2) is 102 Å². The van der Waals surface area contributed by atoms with E-state index in [0.29, 0.717) is 31.8 Å². The molecule has 1 amide bonds. The fourth-order valence-corrected chi connectivity index (χ4v) is 5.45. The molecule has 0 radical (unpaired) electrons. The van der Waals surface area contributed by atoms with Gasteiger partial charge in [-0.25, -0.2) is 8.42 Å². The van der Waals surface area contributed by atoms with E-state index in [2.05, 4.69) is 0 Å². The number of rotatable bonds is 8. The molecule has 0 heterocycles. The van der Waals surface area contributed by atoms with Gasteiger partial charge in [0.25, 0.3) is 15.9 Å². The lowest BCUT2D eigenvalue weighted by molar-refractivity contribution is 0.0281. The van der Waals surface area contributed by atoms with E-state index in [9.17, 15) is 13.2 Å². The van der Waals surface area contributed by atoms with Gasteiger partial charge < -0.3 is 0 Å². The number of nitrogens with zero attached hydrogens (tertiary/aromatic N) is 2. The Kier molecular flexibility index (Phi) is 8.57. The van der Waals surface area contributed by atoms with Crippen molar-refractivity contribution < 1.29 is 13.2 Å². The summed E-state index contributed by atoms with van der Waals surface area (Å²) >= 11 is 18.2. The minimum atomic E-state index is -4.16. The average molecular weight is 574 g/mol. The Morgan fingerprint density at radius 1 is 0.649 bits per heavy atom. The van der Waals surface area contributed by atoms with Gasteiger partial charge in [0.1, 0.15) is 0 Å². The number of aryl methyl sites for hydroxylation is 1. The van der Waals surface area contributed by atoms with Gasteiger partial charge >= 0.3 is 0 Å². The Morgan fingerprint density at radius 2 is 1.08 bits per heavy atom. The smallest absolute Gasteiger partial charge is 0.268 e. The lowest BCUT2D eigenvalue weighted by Gasteiger charge is -2.34. The van der Waals surface area contributed by atoms with Crippen molar-refractivity contribution in [2.45, 2.75) is 24.9 Å². The molecular weight excluding hydrogens is 551 g/mol. The highest BCUT2D eigenvalue weighted by Gasteiger charge is 2.34. The standard InChI is InChI=1S/C28H23Cl3N2O3S/c1-20-2-16-27(17-3-20)37(35,36)33(19-22-6-12-25(30)13-7-22)32(18-21-4-10-24(29)11-5-21)28(34)23-8-14-26(31)15-9-23/h2-17H,18-19H2,1H3. The van der Waals surface area contributed by atoms with Crippen LogP contribution >= 0.6 is 34.8 Å². The fourth-order valence-electron chi connectivity index (χ4n) is 3.63. The highest BCUT2D eigenvalue weighted by atomic mass is 35.5. The number of hydrogen-bond donors (Lipinski definition) is 0. The molecule has 0 aliphatic heterocycles. The third kappa shape index (κ3) is 6.72. The lowest BCUT2D eigenvalue weighted by atomic mass is 10.2. The Hall–Kier alpha value is -2.87. The molecular formula is C28H23Cl3N2O3S. The molecule has 4 aromatic rings. The van der Waals surface area contributed by atoms with Crippen LogP contribution in [-0.4, -0.2) is 23.7 Å². The van der Waals surface area contributed by atoms with Gasteiger partial charge in [-0.2, -0.15) is 0 Å². The SMILES string of the molecule is Cc1ccc(S(=O)(=O)N(Cc2ccc(Cl)cc2)N(Cc2ccc(Cl)cc2)C(=O)c2ccc(Cl)cc2)cc1. The molecule has 5 nitrogen and oxygen atoms in total. The molecule has 0 atom stereocenters. The van der Waals surface area contributed by atoms with E-state index in [1.165, 1.54) is 17.1 Å². The van der Waals surface area contributed by atoms with Crippen molar-refractivity contribution in [2.24, 2.45) is 0 Å². The van der Waals surface area contributed by atoms with Crippen LogP contribution in [-0.2, 0) is 23.1 Å². The quantitative estimate of drug-likeness (QED) is 0.206. The van der Waals surface area contributed by atoms with Crippen LogP contribution in [0.2, 0.25) is 15.1 Å². The third-order valence-electron chi connectivity index (χ3n) is 5.67. The summed E-state index contributed by atoms with van der Waals surface area (Å²) in [6.45, 7) is 1.76. The average Bonchev–Trinajstić information content (AvgIpc) is 2.88. The third-order valence-corrected chi connectivity index (χ3v) is 8.17. The monoisotopic (exact) mass is 572 g/mol. The summed E-state index contributed by atoms with van der Waals surface area (Å²) in [6, 6.07) is 26.5. The first-order chi connectivity index (χ1) is 17.6. The number of hydrazine groups is 1. The minimum absolute atomic E-state index is 0.0166. The van der Waals surface area contributed by atoms with Crippen molar-refractivity contribution in [3.63, 3.8) is 0 Å². The van der Waals surface area contributed by atoms with Crippen LogP contribution in [0.3, 0.4) is 0 Å². The number of sulfonamides is 1. The number of carbonyl (C=O) groups is 1. The second-order valence-electron chi connectivity index (χ2n) is 8.42. The zero-order valence-electron chi connectivity index (χ0n) is 19.8. The Bertz CT molecular complexity index is 1470. The van der Waals surface area contributed by atoms with Gasteiger partial charge in [-0.15, -0.1) is 4.41 Å². The molecule has 0 saturated heterocycles. The van der Waals surface area contributed by atoms with Crippen molar-refractivity contribution in [3.8, 4) is 0 Å². The van der Waals surface area contributed by atoms with E-state index in [0.717, 1.165) is 9.98 Å². The second kappa shape index (κ2) is 11.7. The van der Waals surface area contributed by atoms with E-state index in [1.54, 1.807) is 84.9 Å². The number of carbonyl (C=O) groups excluding carboxylic acids is 1. The predicted molar refractivity (Wildman–Crippen MR) is 148 cm³/mol. The van der Waals surface area contributed by atoms with Gasteiger partial charge in [-0.1, -0.05) is 76.8 Å². The molecule has 0 saturated carbocycles. The van der Waals surface area contributed by atoms with Crippen molar-refractivity contribution in [3.05, 3.63) is 134 Å². The molecule has 0 bridgehead atoms. The summed E-state index contributed by atoms with van der Waals surface area (Å²) in [4.78, 5) is 13.9. The molecule has 0 N–H and O–H groups in total. The van der Waals surface area contributed by atoms with Gasteiger partial charge in [-0.05, 0) is 78.7 Å². The number of hydrogen-bond acceptors (Lipinski definition) is 3. The predicted octanol–water partition coefficient (Wildman–Crippen LogP) is 7.40. The molecule has 4 rings (SSSR count). The van der Waals surface area contributed by atoms with Crippen molar-refractivity contribution in [2.75, 3.05) is 0 Å². The van der Waals surface area contributed by atoms with Gasteiger partial charge in [0.15, 0.2) is 0 Å². The summed E-state index contributed by atoms with van der Waals surface area (Å²) in [5.74, 6) is -0.503. The van der Waals surface area contributed by atoms with Crippen LogP contribution in [0.4, 0.5) is 0 Å². The second-order valence-corrected chi connectivity index (χ2v) is 11.6. The summed E-state index contributed by atoms with van der Waals surface area (Å²) in [6.07, 6.45) is 0. The maximum atomic E-state index is 14.1. The zero-order chi connectivity index (χ0) is 26.6. The fraction of sp³-hybridized carbons (Fsp3) is 0.107. The Balaban J connectivity index is 1.85. The van der Waals surface area contributed by atoms with E-state index >= 15 is 0 Å². The molecule has 0 fully saturated rings. The van der Waals surface area contributed by atoms with E-state index in [4.69, 9.17) is 34.8 Å². The van der Waals surface area contributed by atoms with Crippen molar-refractivity contribution >= 4 is 50.7 Å². The van der Waals surface area contributed by atoms with E-state index < -0.39 is 15.9 Å². The molecule has 37 heavy (non-hydrogen) atoms. The number of amides is 1. The molecule has 0 unspecified atom stereocenters. The summed E-state index contributed by atoms with van der Waals surface area (Å²) in [7, 11) is -4.16. The lowest BCUT2D eigenvalue weighted by Crippen LogP contribution is -2.48. The highest BCUT2D eigenvalue weighted by Crippen LogP contribution is 2.26. The van der Waals surface area contributed by atoms with Crippen LogP contribution in [0.5, 0.6) is 0 Å². The normalized spacial score (nSPS) is 11.5. The Labute approximate surface area is 231 Å². The van der Waals surface area contributed by atoms with Gasteiger partial charge in [-0.3, -0.25) is 9.80 Å². The maximum Gasteiger partial charge on any atom is 0.269 e. The van der Waals surface area contributed by atoms with Crippen molar-refractivity contribution in [1.82, 2.24) is 9.42 Å². The number of benzene rings is 4. The maximum absolute atomic E-state index is 14.1. The first kappa shape index (κ1) is 27.2. The Morgan fingerprint density at radius 3 is 1.57 bits per heavy atom. The van der Waals surface area contributed by atoms with E-state index in [-0.39, 0.29) is 18.0 Å². The largest absolute Gasteiger partial charge is 0.269 e. The van der Waals surface area contributed by atoms with Gasteiger partial charge in [0, 0.05) is 20.6 Å². The molecule has 0 aliphatic carbocycles. The van der Waals surface area contributed by atoms with E-state index in [1.807, 2.05) is 6.92 Å². The van der Waals surface area contributed by atoms with Crippen molar-refractivity contribution in [1.29, 1.82) is 0 Å². The molecule has 4 aromatic carbocycles. The van der Waals surface area contributed by atoms with Crippen LogP contribution in [0.1, 0.15) is 27.0 Å². The molecule has 190 valence electrons. The molecule has 9 heteroatoms. The van der Waals surface area contributed by atoms with Crippen LogP contribution < -0.4 is 0 Å². The molecule has 0 aromatic heterocycles. The number of halogens is 3. The van der Waals surface area contributed by atoms with Gasteiger partial charge in [0.2, 0.25) is 0 Å². The summed E-state index contributed by atoms with van der Waals surface area (Å²) < 4.78 is 29.2. The van der Waals surface area contributed by atoms with Gasteiger partial charge in [0.05, 0.1) is 18.0 Å². The van der Waals surface area contributed by atoms with Crippen LogP contribution in [0, 0.1) is 6.92 Å².